The lowest BCUT2D eigenvalue weighted by Gasteiger charge is -2.00. The van der Waals surface area contributed by atoms with Crippen molar-refractivity contribution in [3.05, 3.63) is 68.5 Å². The van der Waals surface area contributed by atoms with Gasteiger partial charge < -0.3 is 0 Å². The monoisotopic (exact) mass is 392 g/mol. The van der Waals surface area contributed by atoms with Gasteiger partial charge >= 0.3 is 0 Å². The average molecular weight is 392 g/mol. The van der Waals surface area contributed by atoms with E-state index in [1.807, 2.05) is 40.8 Å². The van der Waals surface area contributed by atoms with Gasteiger partial charge in [0.25, 0.3) is 0 Å². The van der Waals surface area contributed by atoms with Crippen LogP contribution in [0, 0.1) is 21.2 Å². The third kappa shape index (κ3) is 5.17. The summed E-state index contributed by atoms with van der Waals surface area (Å²) in [7, 11) is 0. The topological polar surface area (TPSA) is 0 Å². The molecule has 0 spiro atoms. The lowest BCUT2D eigenvalue weighted by atomic mass is 10.1. The minimum absolute atomic E-state index is 0.214. The number of hydrogen-bond donors (Lipinski definition) is 0. The zero-order chi connectivity index (χ0) is 15.1. The highest BCUT2D eigenvalue weighted by molar-refractivity contribution is 14.1. The zero-order valence-corrected chi connectivity index (χ0v) is 14.3. The van der Waals surface area contributed by atoms with Gasteiger partial charge in [0.1, 0.15) is 5.82 Å². The first-order valence-electron chi connectivity index (χ1n) is 7.25. The summed E-state index contributed by atoms with van der Waals surface area (Å²) >= 11 is 1.97. The molecule has 0 radical (unpaired) electrons. The minimum Gasteiger partial charge on any atom is -0.206 e. The maximum atomic E-state index is 13.4. The van der Waals surface area contributed by atoms with E-state index in [9.17, 15) is 4.39 Å². The summed E-state index contributed by atoms with van der Waals surface area (Å²) in [6, 6.07) is 13.4. The number of hydrogen-bond acceptors (Lipinski definition) is 0. The van der Waals surface area contributed by atoms with Crippen LogP contribution in [0.4, 0.5) is 4.39 Å². The third-order valence-corrected chi connectivity index (χ3v) is 4.17. The van der Waals surface area contributed by atoms with Gasteiger partial charge in [-0.15, -0.1) is 0 Å². The number of benzene rings is 2. The fraction of sp³-hybridized carbons (Fsp3) is 0.263. The van der Waals surface area contributed by atoms with Gasteiger partial charge in [-0.05, 0) is 71.3 Å². The molecule has 0 atom stereocenters. The number of rotatable bonds is 4. The normalized spacial score (nSPS) is 10.0. The van der Waals surface area contributed by atoms with E-state index in [0.717, 1.165) is 12.0 Å². The van der Waals surface area contributed by atoms with Crippen molar-refractivity contribution < 1.29 is 4.39 Å². The van der Waals surface area contributed by atoms with Crippen molar-refractivity contribution >= 4 is 22.6 Å². The first-order chi connectivity index (χ1) is 10.2. The van der Waals surface area contributed by atoms with Gasteiger partial charge in [0.05, 0.1) is 0 Å². The summed E-state index contributed by atoms with van der Waals surface area (Å²) in [4.78, 5) is 0. The van der Waals surface area contributed by atoms with E-state index in [-0.39, 0.29) is 5.82 Å². The van der Waals surface area contributed by atoms with Gasteiger partial charge in [-0.2, -0.15) is 0 Å². The zero-order valence-electron chi connectivity index (χ0n) is 12.1. The van der Waals surface area contributed by atoms with Gasteiger partial charge in [-0.25, -0.2) is 4.39 Å². The number of aryl methyl sites for hydroxylation is 1. The fourth-order valence-electron chi connectivity index (χ4n) is 2.05. The predicted octanol–water partition coefficient (Wildman–Crippen LogP) is 5.56. The lowest BCUT2D eigenvalue weighted by Crippen LogP contribution is -1.86. The van der Waals surface area contributed by atoms with Crippen LogP contribution in [-0.4, -0.2) is 0 Å². The Bertz CT molecular complexity index is 648. The Labute approximate surface area is 139 Å². The summed E-state index contributed by atoms with van der Waals surface area (Å²) in [6.07, 6.45) is 4.89. The number of unbranched alkanes of at least 4 members (excludes halogenated alkanes) is 2. The first-order valence-corrected chi connectivity index (χ1v) is 8.33. The molecule has 2 rings (SSSR count). The fourth-order valence-corrected chi connectivity index (χ4v) is 2.39. The van der Waals surface area contributed by atoms with Crippen molar-refractivity contribution in [2.45, 2.75) is 32.6 Å². The van der Waals surface area contributed by atoms with Crippen LogP contribution in [0.1, 0.15) is 42.9 Å². The van der Waals surface area contributed by atoms with Crippen molar-refractivity contribution in [3.63, 3.8) is 0 Å². The molecule has 108 valence electrons. The lowest BCUT2D eigenvalue weighted by molar-refractivity contribution is 0.620. The third-order valence-electron chi connectivity index (χ3n) is 3.29. The molecule has 0 unspecified atom stereocenters. The molecule has 0 amide bonds. The van der Waals surface area contributed by atoms with Crippen LogP contribution in [0.25, 0.3) is 0 Å². The highest BCUT2D eigenvalue weighted by Crippen LogP contribution is 2.12. The standard InChI is InChI=1S/C19H18FI/c1-2-3-4-5-15-6-8-16(9-7-15)10-11-17-12-13-19(21)18(20)14-17/h6-9,12-14H,2-5H2,1H3. The van der Waals surface area contributed by atoms with E-state index in [4.69, 9.17) is 0 Å². The van der Waals surface area contributed by atoms with Crippen molar-refractivity contribution in [1.82, 2.24) is 0 Å². The predicted molar refractivity (Wildman–Crippen MR) is 94.8 cm³/mol. The molecule has 0 bridgehead atoms. The molecule has 0 aliphatic carbocycles. The van der Waals surface area contributed by atoms with Crippen LogP contribution in [-0.2, 0) is 6.42 Å². The second-order valence-electron chi connectivity index (χ2n) is 5.03. The molecular formula is C19H18FI. The van der Waals surface area contributed by atoms with Gasteiger partial charge in [-0.3, -0.25) is 0 Å². The second-order valence-corrected chi connectivity index (χ2v) is 6.20. The summed E-state index contributed by atoms with van der Waals surface area (Å²) in [5.41, 5.74) is 3.03. The van der Waals surface area contributed by atoms with E-state index in [2.05, 4.69) is 30.9 Å². The quantitative estimate of drug-likeness (QED) is 0.363. The molecule has 2 aromatic rings. The molecule has 21 heavy (non-hydrogen) atoms. The maximum absolute atomic E-state index is 13.4. The van der Waals surface area contributed by atoms with E-state index in [0.29, 0.717) is 9.13 Å². The average Bonchev–Trinajstić information content (AvgIpc) is 2.50. The largest absolute Gasteiger partial charge is 0.206 e. The van der Waals surface area contributed by atoms with E-state index in [1.165, 1.54) is 30.9 Å². The first kappa shape index (κ1) is 16.0. The van der Waals surface area contributed by atoms with E-state index >= 15 is 0 Å². The van der Waals surface area contributed by atoms with Crippen molar-refractivity contribution in [2.24, 2.45) is 0 Å². The molecule has 0 aliphatic heterocycles. The Kier molecular flexibility index (Phi) is 6.25. The van der Waals surface area contributed by atoms with Crippen molar-refractivity contribution in [2.75, 3.05) is 0 Å². The van der Waals surface area contributed by atoms with Gasteiger partial charge in [0.2, 0.25) is 0 Å². The van der Waals surface area contributed by atoms with Crippen molar-refractivity contribution in [1.29, 1.82) is 0 Å². The summed E-state index contributed by atoms with van der Waals surface area (Å²) in [5, 5.41) is 0. The molecule has 0 saturated carbocycles. The summed E-state index contributed by atoms with van der Waals surface area (Å²) in [6.45, 7) is 2.21. The minimum atomic E-state index is -0.214. The molecule has 0 heterocycles. The number of halogens is 2. The molecule has 0 aromatic heterocycles. The molecule has 0 N–H and O–H groups in total. The highest BCUT2D eigenvalue weighted by Gasteiger charge is 1.98. The van der Waals surface area contributed by atoms with E-state index < -0.39 is 0 Å². The van der Waals surface area contributed by atoms with Crippen LogP contribution in [0.2, 0.25) is 0 Å². The van der Waals surface area contributed by atoms with Crippen LogP contribution in [0.15, 0.2) is 42.5 Å². The second kappa shape index (κ2) is 8.19. The molecule has 0 aliphatic rings. The Morgan fingerprint density at radius 3 is 2.29 bits per heavy atom. The van der Waals surface area contributed by atoms with Crippen LogP contribution in [0.5, 0.6) is 0 Å². The molecule has 2 heteroatoms. The molecular weight excluding hydrogens is 374 g/mol. The van der Waals surface area contributed by atoms with E-state index in [1.54, 1.807) is 6.07 Å². The van der Waals surface area contributed by atoms with Crippen LogP contribution >= 0.6 is 22.6 Å². The smallest absolute Gasteiger partial charge is 0.137 e. The van der Waals surface area contributed by atoms with Crippen LogP contribution < -0.4 is 0 Å². The summed E-state index contributed by atoms with van der Waals surface area (Å²) < 4.78 is 14.1. The van der Waals surface area contributed by atoms with Gasteiger partial charge in [0.15, 0.2) is 0 Å². The summed E-state index contributed by atoms with van der Waals surface area (Å²) in [5.74, 6) is 5.88. The maximum Gasteiger partial charge on any atom is 0.137 e. The molecule has 0 saturated heterocycles. The van der Waals surface area contributed by atoms with Gasteiger partial charge in [-0.1, -0.05) is 43.7 Å². The van der Waals surface area contributed by atoms with Gasteiger partial charge in [0, 0.05) is 14.7 Å². The SMILES string of the molecule is CCCCCc1ccc(C#Cc2ccc(I)c(F)c2)cc1. The Hall–Kier alpha value is -1.34. The molecule has 0 fully saturated rings. The molecule has 0 nitrogen and oxygen atoms in total. The van der Waals surface area contributed by atoms with Crippen LogP contribution in [0.3, 0.4) is 0 Å². The Morgan fingerprint density at radius 2 is 1.62 bits per heavy atom. The molecule has 2 aromatic carbocycles. The van der Waals surface area contributed by atoms with Crippen molar-refractivity contribution in [3.8, 4) is 11.8 Å². The Morgan fingerprint density at radius 1 is 0.952 bits per heavy atom. The Balaban J connectivity index is 2.03. The highest BCUT2D eigenvalue weighted by atomic mass is 127.